The number of hydrogen-bond donors (Lipinski definition) is 0. The summed E-state index contributed by atoms with van der Waals surface area (Å²) in [7, 11) is 0. The van der Waals surface area contributed by atoms with Crippen molar-refractivity contribution in [3.05, 3.63) is 206 Å². The summed E-state index contributed by atoms with van der Waals surface area (Å²) in [6.07, 6.45) is 15.7. The molecule has 250 valence electrons. The lowest BCUT2D eigenvalue weighted by Crippen LogP contribution is -1.96. The summed E-state index contributed by atoms with van der Waals surface area (Å²) in [5, 5.41) is 5.85. The zero-order valence-electron chi connectivity index (χ0n) is 29.2. The summed E-state index contributed by atoms with van der Waals surface area (Å²) in [6.45, 7) is 4.33. The quantitative estimate of drug-likeness (QED) is 0.170. The van der Waals surface area contributed by atoms with Gasteiger partial charge in [0.05, 0.1) is 22.6 Å². The van der Waals surface area contributed by atoms with E-state index in [1.54, 1.807) is 0 Å². The SMILES string of the molecule is C=C1/C=C\C=C/C/C=C\C(c2nc3ccccc3c3c2cc(-c2ccc(-c4cc(-c5ccccc5)nc(-c5ccccc5)n4)cc2)c2ccccc23)=C/1. The Labute approximate surface area is 309 Å². The highest BCUT2D eigenvalue weighted by Gasteiger charge is 2.18. The minimum Gasteiger partial charge on any atom is -0.247 e. The molecule has 0 saturated heterocycles. The van der Waals surface area contributed by atoms with E-state index in [0.29, 0.717) is 5.82 Å². The van der Waals surface area contributed by atoms with Gasteiger partial charge in [-0.15, -0.1) is 0 Å². The number of fused-ring (bicyclic) bond motifs is 5. The van der Waals surface area contributed by atoms with E-state index in [1.165, 1.54) is 16.2 Å². The molecule has 0 atom stereocenters. The molecule has 2 heterocycles. The van der Waals surface area contributed by atoms with Crippen molar-refractivity contribution >= 4 is 38.0 Å². The molecule has 0 radical (unpaired) electrons. The van der Waals surface area contributed by atoms with Gasteiger partial charge in [0.15, 0.2) is 5.82 Å². The Hall–Kier alpha value is -6.97. The molecular formula is C50H35N3. The summed E-state index contributed by atoms with van der Waals surface area (Å²) >= 11 is 0. The predicted molar refractivity (Wildman–Crippen MR) is 223 cm³/mol. The first-order valence-corrected chi connectivity index (χ1v) is 18.0. The molecule has 2 aromatic heterocycles. The Morgan fingerprint density at radius 3 is 1.85 bits per heavy atom. The Kier molecular flexibility index (Phi) is 8.43. The molecule has 0 amide bonds. The first kappa shape index (κ1) is 32.0. The number of nitrogens with zero attached hydrogens (tertiary/aromatic N) is 3. The molecule has 0 unspecified atom stereocenters. The van der Waals surface area contributed by atoms with E-state index in [4.69, 9.17) is 15.0 Å². The fourth-order valence-corrected chi connectivity index (χ4v) is 7.22. The maximum atomic E-state index is 5.33. The second-order valence-electron chi connectivity index (χ2n) is 13.2. The monoisotopic (exact) mass is 677 g/mol. The topological polar surface area (TPSA) is 38.7 Å². The number of allylic oxidation sites excluding steroid dienone is 9. The van der Waals surface area contributed by atoms with Gasteiger partial charge in [-0.05, 0) is 58.2 Å². The zero-order chi connectivity index (χ0) is 35.6. The fraction of sp³-hybridized carbons (Fsp3) is 0.0200. The molecule has 9 rings (SSSR count). The maximum absolute atomic E-state index is 5.33. The van der Waals surface area contributed by atoms with Gasteiger partial charge in [-0.2, -0.15) is 0 Å². The highest BCUT2D eigenvalue weighted by Crippen LogP contribution is 2.41. The first-order chi connectivity index (χ1) is 26.2. The molecule has 0 spiro atoms. The molecule has 6 aromatic carbocycles. The molecule has 0 N–H and O–H groups in total. The van der Waals surface area contributed by atoms with Crippen LogP contribution >= 0.6 is 0 Å². The second-order valence-corrected chi connectivity index (χ2v) is 13.2. The van der Waals surface area contributed by atoms with Crippen LogP contribution in [-0.4, -0.2) is 15.0 Å². The van der Waals surface area contributed by atoms with Crippen LogP contribution in [0.15, 0.2) is 200 Å². The van der Waals surface area contributed by atoms with Gasteiger partial charge in [0, 0.05) is 38.4 Å². The van der Waals surface area contributed by atoms with Gasteiger partial charge >= 0.3 is 0 Å². The van der Waals surface area contributed by atoms with Crippen molar-refractivity contribution < 1.29 is 0 Å². The molecule has 3 nitrogen and oxygen atoms in total. The minimum atomic E-state index is 0.705. The average Bonchev–Trinajstić information content (AvgIpc) is 3.23. The number of rotatable bonds is 5. The summed E-state index contributed by atoms with van der Waals surface area (Å²) in [4.78, 5) is 15.4. The van der Waals surface area contributed by atoms with E-state index in [1.807, 2.05) is 48.6 Å². The molecule has 8 aromatic rings. The molecule has 0 fully saturated rings. The Morgan fingerprint density at radius 1 is 0.472 bits per heavy atom. The van der Waals surface area contributed by atoms with Crippen molar-refractivity contribution in [3.8, 4) is 45.0 Å². The van der Waals surface area contributed by atoms with Gasteiger partial charge in [-0.1, -0.05) is 170 Å². The average molecular weight is 678 g/mol. The number of benzene rings is 6. The lowest BCUT2D eigenvalue weighted by Gasteiger charge is -2.17. The molecule has 0 saturated carbocycles. The Balaban J connectivity index is 1.23. The third-order valence-corrected chi connectivity index (χ3v) is 9.77. The second kappa shape index (κ2) is 14.0. The zero-order valence-corrected chi connectivity index (χ0v) is 29.2. The summed E-state index contributed by atoms with van der Waals surface area (Å²) in [6, 6.07) is 50.9. The van der Waals surface area contributed by atoms with Crippen LogP contribution in [0.25, 0.3) is 83.1 Å². The predicted octanol–water partition coefficient (Wildman–Crippen LogP) is 13.0. The van der Waals surface area contributed by atoms with Crippen LogP contribution in [-0.2, 0) is 0 Å². The van der Waals surface area contributed by atoms with E-state index in [-0.39, 0.29) is 0 Å². The first-order valence-electron chi connectivity index (χ1n) is 18.0. The Bertz CT molecular complexity index is 2730. The third kappa shape index (κ3) is 6.30. The molecule has 0 aliphatic heterocycles. The largest absolute Gasteiger partial charge is 0.247 e. The lowest BCUT2D eigenvalue weighted by atomic mass is 9.89. The fourth-order valence-electron chi connectivity index (χ4n) is 7.22. The molecular weight excluding hydrogens is 643 g/mol. The standard InChI is InChI=1S/C50H35N3/c1-34-17-7-3-2-4-8-22-39(31-34)49-44-32-43(40-23-13-14-24-41(40)48(44)42-25-15-16-26-45(42)51-49)35-27-29-37(30-28-35)47-33-46(36-18-9-5-10-19-36)52-50(53-47)38-20-11-6-12-21-38/h2-3,5-33H,1,4H2/b3-2-,17-7-,22-8-,39-31+. The number of hydrogen-bond acceptors (Lipinski definition) is 3. The van der Waals surface area contributed by atoms with Crippen molar-refractivity contribution in [2.45, 2.75) is 6.42 Å². The molecule has 1 aliphatic rings. The van der Waals surface area contributed by atoms with Gasteiger partial charge in [-0.25, -0.2) is 15.0 Å². The molecule has 1 aliphatic carbocycles. The highest BCUT2D eigenvalue weighted by molar-refractivity contribution is 6.24. The summed E-state index contributed by atoms with van der Waals surface area (Å²) in [5.74, 6) is 0.705. The van der Waals surface area contributed by atoms with Crippen molar-refractivity contribution in [1.29, 1.82) is 0 Å². The van der Waals surface area contributed by atoms with E-state index >= 15 is 0 Å². The van der Waals surface area contributed by atoms with Gasteiger partial charge in [0.2, 0.25) is 0 Å². The van der Waals surface area contributed by atoms with Crippen LogP contribution in [0.1, 0.15) is 12.1 Å². The normalized spacial score (nSPS) is 15.9. The van der Waals surface area contributed by atoms with Crippen LogP contribution < -0.4 is 0 Å². The van der Waals surface area contributed by atoms with E-state index < -0.39 is 0 Å². The maximum Gasteiger partial charge on any atom is 0.160 e. The molecule has 3 heteroatoms. The van der Waals surface area contributed by atoms with E-state index in [0.717, 1.165) is 78.8 Å². The third-order valence-electron chi connectivity index (χ3n) is 9.77. The van der Waals surface area contributed by atoms with Crippen molar-refractivity contribution in [2.24, 2.45) is 0 Å². The summed E-state index contributed by atoms with van der Waals surface area (Å²) < 4.78 is 0. The van der Waals surface area contributed by atoms with Gasteiger partial charge < -0.3 is 0 Å². The van der Waals surface area contributed by atoms with Crippen molar-refractivity contribution in [2.75, 3.05) is 0 Å². The number of aromatic nitrogens is 3. The van der Waals surface area contributed by atoms with Crippen LogP contribution in [0.5, 0.6) is 0 Å². The van der Waals surface area contributed by atoms with Crippen molar-refractivity contribution in [1.82, 2.24) is 15.0 Å². The Morgan fingerprint density at radius 2 is 1.09 bits per heavy atom. The van der Waals surface area contributed by atoms with Gasteiger partial charge in [0.25, 0.3) is 0 Å². The number of para-hydroxylation sites is 1. The minimum absolute atomic E-state index is 0.705. The van der Waals surface area contributed by atoms with Crippen LogP contribution in [0.4, 0.5) is 0 Å². The highest BCUT2D eigenvalue weighted by atomic mass is 14.9. The van der Waals surface area contributed by atoms with E-state index in [2.05, 4.69) is 146 Å². The van der Waals surface area contributed by atoms with Crippen LogP contribution in [0.2, 0.25) is 0 Å². The van der Waals surface area contributed by atoms with Crippen molar-refractivity contribution in [3.63, 3.8) is 0 Å². The molecule has 53 heavy (non-hydrogen) atoms. The summed E-state index contributed by atoms with van der Waals surface area (Å²) in [5.41, 5.74) is 11.0. The van der Waals surface area contributed by atoms with Gasteiger partial charge in [-0.3, -0.25) is 0 Å². The van der Waals surface area contributed by atoms with Gasteiger partial charge in [0.1, 0.15) is 0 Å². The van der Waals surface area contributed by atoms with Crippen LogP contribution in [0, 0.1) is 0 Å². The van der Waals surface area contributed by atoms with Crippen LogP contribution in [0.3, 0.4) is 0 Å². The number of pyridine rings is 1. The smallest absolute Gasteiger partial charge is 0.160 e. The van der Waals surface area contributed by atoms with E-state index in [9.17, 15) is 0 Å². The molecule has 0 bridgehead atoms. The lowest BCUT2D eigenvalue weighted by molar-refractivity contribution is 1.18.